The normalized spacial score (nSPS) is 19.2. The first-order valence-corrected chi connectivity index (χ1v) is 9.86. The molecule has 1 amide bonds. The number of nitrogens with one attached hydrogen (secondary N) is 3. The molecule has 2 aliphatic rings. The zero-order valence-corrected chi connectivity index (χ0v) is 16.5. The van der Waals surface area contributed by atoms with Gasteiger partial charge in [-0.25, -0.2) is 4.98 Å². The van der Waals surface area contributed by atoms with E-state index in [1.165, 1.54) is 12.8 Å². The Morgan fingerprint density at radius 3 is 2.79 bits per heavy atom. The predicted molar refractivity (Wildman–Crippen MR) is 111 cm³/mol. The van der Waals surface area contributed by atoms with Crippen LogP contribution in [0, 0.1) is 5.41 Å². The molecule has 1 saturated carbocycles. The first-order chi connectivity index (χ1) is 13.3. The molecule has 1 fully saturated rings. The number of nitrogens with zero attached hydrogens (tertiary/aromatic N) is 2. The topological polar surface area (TPSA) is 82.7 Å². The lowest BCUT2D eigenvalue weighted by Crippen LogP contribution is -2.43. The Bertz CT molecular complexity index is 1090. The summed E-state index contributed by atoms with van der Waals surface area (Å²) in [5, 5.41) is 7.32. The number of fused-ring (bicyclic) bond motifs is 2. The minimum atomic E-state index is -0.0993. The predicted octanol–water partition coefficient (Wildman–Crippen LogP) is 3.86. The molecule has 0 unspecified atom stereocenters. The minimum Gasteiger partial charge on any atom is -0.354 e. The van der Waals surface area contributed by atoms with Gasteiger partial charge in [-0.05, 0) is 41.5 Å². The van der Waals surface area contributed by atoms with E-state index >= 15 is 0 Å². The van der Waals surface area contributed by atoms with Gasteiger partial charge in [0.25, 0.3) is 5.91 Å². The average Bonchev–Trinajstić information content (AvgIpc) is 3.27. The second kappa shape index (κ2) is 5.80. The lowest BCUT2D eigenvalue weighted by atomic mass is 9.78. The zero-order chi connectivity index (χ0) is 19.5. The van der Waals surface area contributed by atoms with Crippen molar-refractivity contribution in [2.24, 2.45) is 5.41 Å². The Kier molecular flexibility index (Phi) is 3.57. The number of rotatable bonds is 4. The summed E-state index contributed by atoms with van der Waals surface area (Å²) in [6, 6.07) is 6.06. The molecule has 28 heavy (non-hydrogen) atoms. The SMILES string of the molecule is CC1(CNc2ncc3c(-c4ccc5c(c4)C(C)(C)CNC5=O)c[nH]c3n2)CC1. The second-order valence-electron chi connectivity index (χ2n) is 9.15. The number of amides is 1. The van der Waals surface area contributed by atoms with E-state index in [0.29, 0.717) is 17.9 Å². The van der Waals surface area contributed by atoms with Gasteiger partial charge >= 0.3 is 0 Å². The molecular weight excluding hydrogens is 350 g/mol. The first-order valence-electron chi connectivity index (χ1n) is 9.86. The van der Waals surface area contributed by atoms with Crippen LogP contribution in [0.5, 0.6) is 0 Å². The third-order valence-corrected chi connectivity index (χ3v) is 6.20. The minimum absolute atomic E-state index is 0.00297. The van der Waals surface area contributed by atoms with Crippen LogP contribution in [0.4, 0.5) is 5.95 Å². The van der Waals surface area contributed by atoms with E-state index in [1.54, 1.807) is 0 Å². The van der Waals surface area contributed by atoms with Gasteiger partial charge in [0.1, 0.15) is 5.65 Å². The molecule has 6 nitrogen and oxygen atoms in total. The monoisotopic (exact) mass is 375 g/mol. The summed E-state index contributed by atoms with van der Waals surface area (Å²) >= 11 is 0. The lowest BCUT2D eigenvalue weighted by molar-refractivity contribution is 0.0930. The van der Waals surface area contributed by atoms with E-state index in [9.17, 15) is 4.79 Å². The Balaban J connectivity index is 1.50. The zero-order valence-electron chi connectivity index (χ0n) is 16.5. The number of aromatic nitrogens is 3. The number of carbonyl (C=O) groups is 1. The van der Waals surface area contributed by atoms with Crippen LogP contribution in [0.2, 0.25) is 0 Å². The van der Waals surface area contributed by atoms with Crippen molar-refractivity contribution in [3.8, 4) is 11.1 Å². The van der Waals surface area contributed by atoms with Crippen molar-refractivity contribution < 1.29 is 4.79 Å². The van der Waals surface area contributed by atoms with Crippen molar-refractivity contribution in [2.45, 2.75) is 39.0 Å². The lowest BCUT2D eigenvalue weighted by Gasteiger charge is -2.32. The summed E-state index contributed by atoms with van der Waals surface area (Å²) in [4.78, 5) is 24.6. The van der Waals surface area contributed by atoms with Crippen LogP contribution in [0.25, 0.3) is 22.2 Å². The summed E-state index contributed by atoms with van der Waals surface area (Å²) in [6.45, 7) is 8.15. The van der Waals surface area contributed by atoms with Crippen molar-refractivity contribution >= 4 is 22.9 Å². The third-order valence-electron chi connectivity index (χ3n) is 6.20. The van der Waals surface area contributed by atoms with Crippen LogP contribution >= 0.6 is 0 Å². The molecular formula is C22H25N5O. The van der Waals surface area contributed by atoms with E-state index < -0.39 is 0 Å². The van der Waals surface area contributed by atoms with Crippen LogP contribution in [0.3, 0.4) is 0 Å². The molecule has 0 spiro atoms. The molecule has 1 aliphatic carbocycles. The fourth-order valence-electron chi connectivity index (χ4n) is 3.88. The van der Waals surface area contributed by atoms with Crippen molar-refractivity contribution in [1.82, 2.24) is 20.3 Å². The maximum atomic E-state index is 12.2. The summed E-state index contributed by atoms with van der Waals surface area (Å²) in [7, 11) is 0. The molecule has 2 aromatic heterocycles. The Morgan fingerprint density at radius 2 is 2.00 bits per heavy atom. The number of benzene rings is 1. The number of hydrogen-bond donors (Lipinski definition) is 3. The van der Waals surface area contributed by atoms with Gasteiger partial charge in [-0.1, -0.05) is 26.8 Å². The van der Waals surface area contributed by atoms with Crippen LogP contribution in [-0.2, 0) is 5.41 Å². The summed E-state index contributed by atoms with van der Waals surface area (Å²) in [6.07, 6.45) is 6.38. The highest BCUT2D eigenvalue weighted by molar-refractivity contribution is 5.99. The fraction of sp³-hybridized carbons (Fsp3) is 0.409. The average molecular weight is 375 g/mol. The van der Waals surface area contributed by atoms with Gasteiger partial charge in [-0.3, -0.25) is 4.79 Å². The molecule has 0 saturated heterocycles. The van der Waals surface area contributed by atoms with Gasteiger partial charge in [-0.15, -0.1) is 0 Å². The van der Waals surface area contributed by atoms with Crippen molar-refractivity contribution in [3.05, 3.63) is 41.7 Å². The number of anilines is 1. The van der Waals surface area contributed by atoms with E-state index in [2.05, 4.69) is 52.4 Å². The highest BCUT2D eigenvalue weighted by Crippen LogP contribution is 2.44. The standard InChI is InChI=1S/C22H25N5O/c1-21(2)11-25-19(28)14-5-4-13(8-17(14)21)15-9-23-18-16(15)10-24-20(27-18)26-12-22(3)6-7-22/h4-5,8-10H,6-7,11-12H2,1-3H3,(H,25,28)(H2,23,24,26,27). The maximum Gasteiger partial charge on any atom is 0.251 e. The number of aromatic amines is 1. The van der Waals surface area contributed by atoms with Crippen LogP contribution in [0.1, 0.15) is 49.5 Å². The van der Waals surface area contributed by atoms with Crippen LogP contribution < -0.4 is 10.6 Å². The van der Waals surface area contributed by atoms with Crippen LogP contribution in [0.15, 0.2) is 30.6 Å². The largest absolute Gasteiger partial charge is 0.354 e. The molecule has 1 aromatic carbocycles. The molecule has 0 atom stereocenters. The molecule has 144 valence electrons. The van der Waals surface area contributed by atoms with E-state index in [1.807, 2.05) is 24.5 Å². The second-order valence-corrected chi connectivity index (χ2v) is 9.15. The molecule has 3 N–H and O–H groups in total. The summed E-state index contributed by atoms with van der Waals surface area (Å²) < 4.78 is 0. The maximum absolute atomic E-state index is 12.2. The smallest absolute Gasteiger partial charge is 0.251 e. The Hall–Kier alpha value is -2.89. The molecule has 0 radical (unpaired) electrons. The highest BCUT2D eigenvalue weighted by Gasteiger charge is 2.37. The van der Waals surface area contributed by atoms with Crippen LogP contribution in [-0.4, -0.2) is 33.9 Å². The van der Waals surface area contributed by atoms with Gasteiger partial charge in [0.05, 0.1) is 0 Å². The molecule has 5 rings (SSSR count). The molecule has 1 aliphatic heterocycles. The van der Waals surface area contributed by atoms with E-state index in [-0.39, 0.29) is 11.3 Å². The van der Waals surface area contributed by atoms with E-state index in [4.69, 9.17) is 0 Å². The Morgan fingerprint density at radius 1 is 1.18 bits per heavy atom. The van der Waals surface area contributed by atoms with Crippen molar-refractivity contribution in [2.75, 3.05) is 18.4 Å². The fourth-order valence-corrected chi connectivity index (χ4v) is 3.88. The quantitative estimate of drug-likeness (QED) is 0.647. The van der Waals surface area contributed by atoms with Gasteiger partial charge in [-0.2, -0.15) is 4.98 Å². The summed E-state index contributed by atoms with van der Waals surface area (Å²) in [5.41, 5.74) is 5.10. The third kappa shape index (κ3) is 2.84. The number of carbonyl (C=O) groups excluding carboxylic acids is 1. The Labute approximate surface area is 164 Å². The van der Waals surface area contributed by atoms with Gasteiger partial charge in [0.2, 0.25) is 5.95 Å². The van der Waals surface area contributed by atoms with E-state index in [0.717, 1.165) is 39.8 Å². The molecule has 3 heterocycles. The van der Waals surface area contributed by atoms with Gasteiger partial charge < -0.3 is 15.6 Å². The number of hydrogen-bond acceptors (Lipinski definition) is 4. The first kappa shape index (κ1) is 17.2. The van der Waals surface area contributed by atoms with Crippen molar-refractivity contribution in [3.63, 3.8) is 0 Å². The highest BCUT2D eigenvalue weighted by atomic mass is 16.1. The summed E-state index contributed by atoms with van der Waals surface area (Å²) in [5.74, 6) is 0.667. The number of H-pyrrole nitrogens is 1. The molecule has 6 heteroatoms. The van der Waals surface area contributed by atoms with Gasteiger partial charge in [0, 0.05) is 47.4 Å². The van der Waals surface area contributed by atoms with Crippen molar-refractivity contribution in [1.29, 1.82) is 0 Å². The van der Waals surface area contributed by atoms with Gasteiger partial charge in [0.15, 0.2) is 0 Å². The molecule has 0 bridgehead atoms. The molecule has 3 aromatic rings.